The highest BCUT2D eigenvalue weighted by Gasteiger charge is 2.07. The van der Waals surface area contributed by atoms with Crippen molar-refractivity contribution in [3.05, 3.63) is 35.9 Å². The topological polar surface area (TPSA) is 46.2 Å². The number of nitrogens with two attached hydrogens (primary N) is 1. The molecule has 3 N–H and O–H groups in total. The van der Waals surface area contributed by atoms with Gasteiger partial charge in [0.2, 0.25) is 0 Å². The van der Waals surface area contributed by atoms with Crippen LogP contribution in [0, 0.1) is 0 Å². The maximum atomic E-state index is 9.33. The molecule has 0 amide bonds. The molecule has 0 aliphatic rings. The molecule has 0 aromatic heterocycles. The molecule has 0 radical (unpaired) electrons. The molecule has 58 valence electrons. The minimum Gasteiger partial charge on any atom is -0.391 e. The van der Waals surface area contributed by atoms with Crippen LogP contribution in [0.15, 0.2) is 30.3 Å². The Morgan fingerprint density at radius 1 is 1.36 bits per heavy atom. The third-order valence-corrected chi connectivity index (χ3v) is 1.61. The van der Waals surface area contributed by atoms with Crippen molar-refractivity contribution in [2.45, 2.75) is 6.10 Å². The molecular weight excluding hydrogens is 158 g/mol. The van der Waals surface area contributed by atoms with Crippen LogP contribution in [0.4, 0.5) is 0 Å². The molecule has 0 saturated heterocycles. The first-order valence-electron chi connectivity index (χ1n) is 3.24. The van der Waals surface area contributed by atoms with Crippen LogP contribution in [-0.4, -0.2) is 10.1 Å². The van der Waals surface area contributed by atoms with Crippen LogP contribution in [0.1, 0.15) is 11.7 Å². The highest BCUT2D eigenvalue weighted by Crippen LogP contribution is 2.11. The summed E-state index contributed by atoms with van der Waals surface area (Å²) in [6.45, 7) is 0. The van der Waals surface area contributed by atoms with Gasteiger partial charge < -0.3 is 10.8 Å². The molecule has 1 rings (SSSR count). The second-order valence-electron chi connectivity index (χ2n) is 2.22. The van der Waals surface area contributed by atoms with E-state index in [-0.39, 0.29) is 4.99 Å². The number of rotatable bonds is 2. The molecule has 1 aromatic rings. The first-order valence-corrected chi connectivity index (χ1v) is 3.65. The van der Waals surface area contributed by atoms with Crippen LogP contribution in [0.3, 0.4) is 0 Å². The third kappa shape index (κ3) is 2.00. The Kier molecular flexibility index (Phi) is 2.57. The summed E-state index contributed by atoms with van der Waals surface area (Å²) in [5.74, 6) is 0. The Morgan fingerprint density at radius 2 is 1.91 bits per heavy atom. The lowest BCUT2D eigenvalue weighted by Crippen LogP contribution is -2.18. The van der Waals surface area contributed by atoms with Gasteiger partial charge in [0.15, 0.2) is 0 Å². The standard InChI is InChI=1S/C8H9NOS/c9-8(11)7(10)6-4-2-1-3-5-6/h1-5,7,10H,(H2,9,11). The molecule has 1 unspecified atom stereocenters. The Morgan fingerprint density at radius 3 is 2.36 bits per heavy atom. The summed E-state index contributed by atoms with van der Waals surface area (Å²) in [6, 6.07) is 9.09. The molecule has 0 aliphatic carbocycles. The minimum atomic E-state index is -0.814. The van der Waals surface area contributed by atoms with Crippen molar-refractivity contribution in [1.82, 2.24) is 0 Å². The molecule has 2 nitrogen and oxygen atoms in total. The Labute approximate surface area is 70.7 Å². The predicted octanol–water partition coefficient (Wildman–Crippen LogP) is 1.01. The van der Waals surface area contributed by atoms with Gasteiger partial charge in [0, 0.05) is 0 Å². The third-order valence-electron chi connectivity index (χ3n) is 1.38. The number of hydrogen-bond acceptors (Lipinski definition) is 2. The summed E-state index contributed by atoms with van der Waals surface area (Å²) in [7, 11) is 0. The van der Waals surface area contributed by atoms with Crippen molar-refractivity contribution in [2.75, 3.05) is 0 Å². The molecule has 3 heteroatoms. The summed E-state index contributed by atoms with van der Waals surface area (Å²) < 4.78 is 0. The lowest BCUT2D eigenvalue weighted by molar-refractivity contribution is 0.249. The summed E-state index contributed by atoms with van der Waals surface area (Å²) in [5, 5.41) is 9.33. The summed E-state index contributed by atoms with van der Waals surface area (Å²) in [4.78, 5) is 0.108. The Bertz CT molecular complexity index is 248. The van der Waals surface area contributed by atoms with E-state index in [4.69, 9.17) is 5.73 Å². The van der Waals surface area contributed by atoms with E-state index < -0.39 is 6.10 Å². The van der Waals surface area contributed by atoms with Gasteiger partial charge in [-0.05, 0) is 5.56 Å². The van der Waals surface area contributed by atoms with E-state index in [2.05, 4.69) is 12.2 Å². The van der Waals surface area contributed by atoms with Gasteiger partial charge in [0.1, 0.15) is 11.1 Å². The zero-order valence-electron chi connectivity index (χ0n) is 5.90. The lowest BCUT2D eigenvalue weighted by Gasteiger charge is -2.07. The molecule has 0 heterocycles. The van der Waals surface area contributed by atoms with Gasteiger partial charge >= 0.3 is 0 Å². The molecule has 11 heavy (non-hydrogen) atoms. The van der Waals surface area contributed by atoms with E-state index in [0.29, 0.717) is 0 Å². The summed E-state index contributed by atoms with van der Waals surface area (Å²) in [5.41, 5.74) is 5.99. The van der Waals surface area contributed by atoms with Gasteiger partial charge in [0.05, 0.1) is 0 Å². The summed E-state index contributed by atoms with van der Waals surface area (Å²) >= 11 is 4.63. The van der Waals surface area contributed by atoms with Gasteiger partial charge in [0.25, 0.3) is 0 Å². The second-order valence-corrected chi connectivity index (χ2v) is 2.69. The van der Waals surface area contributed by atoms with Crippen LogP contribution in [0.25, 0.3) is 0 Å². The van der Waals surface area contributed by atoms with Crippen molar-refractivity contribution >= 4 is 17.2 Å². The fourth-order valence-corrected chi connectivity index (χ4v) is 0.936. The van der Waals surface area contributed by atoms with E-state index in [1.807, 2.05) is 18.2 Å². The van der Waals surface area contributed by atoms with Gasteiger partial charge in [-0.25, -0.2) is 0 Å². The molecule has 1 aromatic carbocycles. The largest absolute Gasteiger partial charge is 0.391 e. The smallest absolute Gasteiger partial charge is 0.129 e. The first kappa shape index (κ1) is 8.17. The van der Waals surface area contributed by atoms with E-state index in [9.17, 15) is 5.11 Å². The molecule has 0 aliphatic heterocycles. The van der Waals surface area contributed by atoms with Crippen molar-refractivity contribution in [3.63, 3.8) is 0 Å². The minimum absolute atomic E-state index is 0.108. The molecule has 0 saturated carbocycles. The lowest BCUT2D eigenvalue weighted by atomic mass is 10.1. The van der Waals surface area contributed by atoms with E-state index in [1.54, 1.807) is 12.1 Å². The van der Waals surface area contributed by atoms with Crippen molar-refractivity contribution in [3.8, 4) is 0 Å². The Balaban J connectivity index is 2.85. The predicted molar refractivity (Wildman–Crippen MR) is 48.2 cm³/mol. The molecular formula is C8H9NOS. The average molecular weight is 167 g/mol. The maximum Gasteiger partial charge on any atom is 0.129 e. The average Bonchev–Trinajstić information content (AvgIpc) is 2.05. The van der Waals surface area contributed by atoms with E-state index >= 15 is 0 Å². The first-order chi connectivity index (χ1) is 5.22. The number of benzene rings is 1. The van der Waals surface area contributed by atoms with Crippen molar-refractivity contribution in [2.24, 2.45) is 5.73 Å². The van der Waals surface area contributed by atoms with Crippen LogP contribution in [0.2, 0.25) is 0 Å². The van der Waals surface area contributed by atoms with Gasteiger partial charge in [-0.15, -0.1) is 0 Å². The van der Waals surface area contributed by atoms with Crippen molar-refractivity contribution < 1.29 is 5.11 Å². The molecule has 0 bridgehead atoms. The normalized spacial score (nSPS) is 12.5. The number of hydrogen-bond donors (Lipinski definition) is 2. The van der Waals surface area contributed by atoms with Crippen LogP contribution < -0.4 is 5.73 Å². The number of thiocarbonyl (C=S) groups is 1. The fraction of sp³-hybridized carbons (Fsp3) is 0.125. The fourth-order valence-electron chi connectivity index (χ4n) is 0.800. The van der Waals surface area contributed by atoms with Gasteiger partial charge in [-0.1, -0.05) is 42.5 Å². The zero-order chi connectivity index (χ0) is 8.27. The second kappa shape index (κ2) is 3.46. The highest BCUT2D eigenvalue weighted by atomic mass is 32.1. The number of aliphatic hydroxyl groups excluding tert-OH is 1. The SMILES string of the molecule is NC(=S)C(O)c1ccccc1. The molecule has 1 atom stereocenters. The highest BCUT2D eigenvalue weighted by molar-refractivity contribution is 7.80. The number of aliphatic hydroxyl groups is 1. The summed E-state index contributed by atoms with van der Waals surface area (Å²) in [6.07, 6.45) is -0.814. The Hall–Kier alpha value is -0.930. The molecule has 0 spiro atoms. The van der Waals surface area contributed by atoms with Gasteiger partial charge in [-0.3, -0.25) is 0 Å². The quantitative estimate of drug-likeness (QED) is 0.646. The van der Waals surface area contributed by atoms with Crippen molar-refractivity contribution in [1.29, 1.82) is 0 Å². The monoisotopic (exact) mass is 167 g/mol. The zero-order valence-corrected chi connectivity index (χ0v) is 6.71. The molecule has 0 fully saturated rings. The van der Waals surface area contributed by atoms with E-state index in [1.165, 1.54) is 0 Å². The van der Waals surface area contributed by atoms with Gasteiger partial charge in [-0.2, -0.15) is 0 Å². The van der Waals surface area contributed by atoms with E-state index in [0.717, 1.165) is 5.56 Å². The maximum absolute atomic E-state index is 9.33. The van der Waals surface area contributed by atoms with Crippen LogP contribution in [-0.2, 0) is 0 Å². The van der Waals surface area contributed by atoms with Crippen LogP contribution in [0.5, 0.6) is 0 Å². The van der Waals surface area contributed by atoms with Crippen LogP contribution >= 0.6 is 12.2 Å².